The van der Waals surface area contributed by atoms with Crippen molar-refractivity contribution in [2.75, 3.05) is 12.4 Å². The molecular weight excluding hydrogens is 239 g/mol. The number of nitrogens with one attached hydrogen (secondary N) is 1. The lowest BCUT2D eigenvalue weighted by molar-refractivity contribution is -0.145. The molecule has 0 bridgehead atoms. The van der Waals surface area contributed by atoms with E-state index in [1.165, 1.54) is 24.9 Å². The van der Waals surface area contributed by atoms with Crippen LogP contribution in [-0.2, 0) is 6.18 Å². The minimum absolute atomic E-state index is 0.167. The molecule has 0 amide bonds. The molecule has 3 nitrogen and oxygen atoms in total. The van der Waals surface area contributed by atoms with Crippen molar-refractivity contribution in [1.29, 1.82) is 0 Å². The van der Waals surface area contributed by atoms with Crippen molar-refractivity contribution in [2.45, 2.75) is 30.3 Å². The quantitative estimate of drug-likeness (QED) is 0.662. The Morgan fingerprint density at radius 1 is 1.31 bits per heavy atom. The van der Waals surface area contributed by atoms with Gasteiger partial charge in [-0.2, -0.15) is 13.2 Å². The molecule has 0 radical (unpaired) electrons. The summed E-state index contributed by atoms with van der Waals surface area (Å²) in [6.07, 6.45) is -4.51. The molecule has 0 unspecified atom stereocenters. The van der Waals surface area contributed by atoms with Crippen LogP contribution in [0.4, 0.5) is 19.0 Å². The Morgan fingerprint density at radius 2 is 1.94 bits per heavy atom. The van der Waals surface area contributed by atoms with Crippen molar-refractivity contribution in [3.8, 4) is 0 Å². The number of anilines is 1. The molecule has 0 aliphatic carbocycles. The maximum atomic E-state index is 12.5. The van der Waals surface area contributed by atoms with E-state index < -0.39 is 12.0 Å². The average Bonchev–Trinajstić information content (AvgIpc) is 2.14. The van der Waals surface area contributed by atoms with Gasteiger partial charge in [0.1, 0.15) is 10.8 Å². The van der Waals surface area contributed by atoms with Crippen molar-refractivity contribution in [1.82, 2.24) is 9.97 Å². The summed E-state index contributed by atoms with van der Waals surface area (Å²) in [4.78, 5) is 6.85. The van der Waals surface area contributed by atoms with Gasteiger partial charge in [0.25, 0.3) is 0 Å². The molecule has 1 heterocycles. The highest BCUT2D eigenvalue weighted by Crippen LogP contribution is 2.30. The second-order valence-electron chi connectivity index (χ2n) is 3.33. The maximum absolute atomic E-state index is 12.5. The third kappa shape index (κ3) is 3.55. The monoisotopic (exact) mass is 251 g/mol. The SMILES string of the molecule is CNc1cc(SC(C)C)nc(C(F)(F)F)n1. The van der Waals surface area contributed by atoms with Gasteiger partial charge in [-0.3, -0.25) is 0 Å². The third-order valence-electron chi connectivity index (χ3n) is 1.57. The summed E-state index contributed by atoms with van der Waals surface area (Å²) in [5, 5.41) is 3.08. The molecule has 1 N–H and O–H groups in total. The molecule has 1 aromatic rings. The second-order valence-corrected chi connectivity index (χ2v) is 4.93. The van der Waals surface area contributed by atoms with E-state index in [2.05, 4.69) is 15.3 Å². The maximum Gasteiger partial charge on any atom is 0.451 e. The topological polar surface area (TPSA) is 37.8 Å². The summed E-state index contributed by atoms with van der Waals surface area (Å²) in [5.74, 6) is -0.937. The van der Waals surface area contributed by atoms with Crippen LogP contribution in [0.25, 0.3) is 0 Å². The number of aromatic nitrogens is 2. The standard InChI is InChI=1S/C9H12F3N3S/c1-5(2)16-7-4-6(13-3)14-8(15-7)9(10,11)12/h4-5H,1-3H3,(H,13,14,15). The van der Waals surface area contributed by atoms with Crippen LogP contribution in [0.5, 0.6) is 0 Å². The molecule has 16 heavy (non-hydrogen) atoms. The Morgan fingerprint density at radius 3 is 2.38 bits per heavy atom. The first-order valence-corrected chi connectivity index (χ1v) is 5.51. The molecule has 0 saturated heterocycles. The zero-order valence-electron chi connectivity index (χ0n) is 9.09. The van der Waals surface area contributed by atoms with Crippen LogP contribution in [0.2, 0.25) is 0 Å². The lowest BCUT2D eigenvalue weighted by Gasteiger charge is -2.10. The third-order valence-corrected chi connectivity index (χ3v) is 2.49. The summed E-state index contributed by atoms with van der Waals surface area (Å²) in [5.41, 5.74) is 0. The first-order chi connectivity index (χ1) is 7.32. The summed E-state index contributed by atoms with van der Waals surface area (Å²) >= 11 is 1.27. The molecule has 0 atom stereocenters. The van der Waals surface area contributed by atoms with E-state index in [4.69, 9.17) is 0 Å². The van der Waals surface area contributed by atoms with Crippen LogP contribution < -0.4 is 5.32 Å². The predicted octanol–water partition coefficient (Wildman–Crippen LogP) is 3.04. The summed E-state index contributed by atoms with van der Waals surface area (Å²) in [6, 6.07) is 1.50. The highest BCUT2D eigenvalue weighted by molar-refractivity contribution is 7.99. The fraction of sp³-hybridized carbons (Fsp3) is 0.556. The van der Waals surface area contributed by atoms with Gasteiger partial charge in [0.15, 0.2) is 0 Å². The summed E-state index contributed by atoms with van der Waals surface area (Å²) < 4.78 is 37.4. The van der Waals surface area contributed by atoms with Gasteiger partial charge in [-0.15, -0.1) is 11.8 Å². The zero-order chi connectivity index (χ0) is 12.3. The van der Waals surface area contributed by atoms with E-state index in [9.17, 15) is 13.2 Å². The summed E-state index contributed by atoms with van der Waals surface area (Å²) in [7, 11) is 1.52. The Labute approximate surface area is 95.9 Å². The van der Waals surface area contributed by atoms with Crippen molar-refractivity contribution in [3.63, 3.8) is 0 Å². The minimum Gasteiger partial charge on any atom is -0.373 e. The van der Waals surface area contributed by atoms with Gasteiger partial charge in [-0.1, -0.05) is 13.8 Å². The van der Waals surface area contributed by atoms with Gasteiger partial charge in [0.2, 0.25) is 5.82 Å². The number of alkyl halides is 3. The number of nitrogens with zero attached hydrogens (tertiary/aromatic N) is 2. The van der Waals surface area contributed by atoms with Gasteiger partial charge in [-0.25, -0.2) is 9.97 Å². The van der Waals surface area contributed by atoms with Gasteiger partial charge in [-0.05, 0) is 0 Å². The zero-order valence-corrected chi connectivity index (χ0v) is 9.91. The normalized spacial score (nSPS) is 11.9. The van der Waals surface area contributed by atoms with Crippen molar-refractivity contribution in [2.24, 2.45) is 0 Å². The van der Waals surface area contributed by atoms with Crippen LogP contribution >= 0.6 is 11.8 Å². The lowest BCUT2D eigenvalue weighted by atomic mass is 10.5. The smallest absolute Gasteiger partial charge is 0.373 e. The molecule has 0 saturated carbocycles. The average molecular weight is 251 g/mol. The number of rotatable bonds is 3. The number of halogens is 3. The van der Waals surface area contributed by atoms with E-state index >= 15 is 0 Å². The number of thioether (sulfide) groups is 1. The Balaban J connectivity index is 3.11. The molecule has 0 aromatic carbocycles. The van der Waals surface area contributed by atoms with Crippen LogP contribution in [-0.4, -0.2) is 22.3 Å². The van der Waals surface area contributed by atoms with Crippen LogP contribution in [0.3, 0.4) is 0 Å². The molecule has 1 aromatic heterocycles. The predicted molar refractivity (Wildman–Crippen MR) is 57.6 cm³/mol. The highest BCUT2D eigenvalue weighted by atomic mass is 32.2. The highest BCUT2D eigenvalue weighted by Gasteiger charge is 2.35. The minimum atomic E-state index is -4.51. The Hall–Kier alpha value is -0.980. The lowest BCUT2D eigenvalue weighted by Crippen LogP contribution is -2.13. The van der Waals surface area contributed by atoms with Crippen LogP contribution in [0.1, 0.15) is 19.7 Å². The summed E-state index contributed by atoms with van der Waals surface area (Å²) in [6.45, 7) is 3.78. The van der Waals surface area contributed by atoms with Crippen molar-refractivity contribution < 1.29 is 13.2 Å². The fourth-order valence-electron chi connectivity index (χ4n) is 0.982. The van der Waals surface area contributed by atoms with Crippen molar-refractivity contribution in [3.05, 3.63) is 11.9 Å². The molecule has 1 rings (SSSR count). The largest absolute Gasteiger partial charge is 0.451 e. The molecule has 0 spiro atoms. The first-order valence-electron chi connectivity index (χ1n) is 4.63. The Bertz CT molecular complexity index is 366. The molecule has 7 heteroatoms. The van der Waals surface area contributed by atoms with Gasteiger partial charge < -0.3 is 5.32 Å². The van der Waals surface area contributed by atoms with Crippen LogP contribution in [0.15, 0.2) is 11.1 Å². The van der Waals surface area contributed by atoms with Crippen LogP contribution in [0, 0.1) is 0 Å². The molecular formula is C9H12F3N3S. The molecule has 0 aliphatic rings. The van der Waals surface area contributed by atoms with E-state index in [1.54, 1.807) is 0 Å². The van der Waals surface area contributed by atoms with E-state index in [0.29, 0.717) is 5.03 Å². The van der Waals surface area contributed by atoms with Gasteiger partial charge >= 0.3 is 6.18 Å². The second kappa shape index (κ2) is 4.90. The van der Waals surface area contributed by atoms with Crippen molar-refractivity contribution >= 4 is 17.6 Å². The molecule has 0 fully saturated rings. The van der Waals surface area contributed by atoms with E-state index in [-0.39, 0.29) is 11.1 Å². The van der Waals surface area contributed by atoms with E-state index in [1.807, 2.05) is 13.8 Å². The molecule has 0 aliphatic heterocycles. The molecule has 90 valence electrons. The Kier molecular flexibility index (Phi) is 4.01. The fourth-order valence-corrected chi connectivity index (χ4v) is 1.78. The number of hydrogen-bond donors (Lipinski definition) is 1. The number of hydrogen-bond acceptors (Lipinski definition) is 4. The van der Waals surface area contributed by atoms with Gasteiger partial charge in [0.05, 0.1) is 0 Å². The van der Waals surface area contributed by atoms with Gasteiger partial charge in [0, 0.05) is 18.4 Å². The first kappa shape index (κ1) is 13.1. The van der Waals surface area contributed by atoms with E-state index in [0.717, 1.165) is 0 Å².